The van der Waals surface area contributed by atoms with Gasteiger partial charge in [-0.1, -0.05) is 58.4 Å². The maximum absolute atomic E-state index is 12.6. The Balaban J connectivity index is 1.74. The first-order valence-electron chi connectivity index (χ1n) is 8.04. The molecule has 0 unspecified atom stereocenters. The van der Waals surface area contributed by atoms with Gasteiger partial charge in [-0.3, -0.25) is 10.1 Å². The topological polar surface area (TPSA) is 41.1 Å². The summed E-state index contributed by atoms with van der Waals surface area (Å²) in [6, 6.07) is 21.6. The van der Waals surface area contributed by atoms with Crippen LogP contribution < -0.4 is 10.6 Å². The molecule has 1 amide bonds. The quantitative estimate of drug-likeness (QED) is 0.580. The largest absolute Gasteiger partial charge is 0.325 e. The van der Waals surface area contributed by atoms with Crippen LogP contribution in [0.3, 0.4) is 0 Å². The number of carbonyl (C=O) groups excluding carboxylic acids is 1. The van der Waals surface area contributed by atoms with Gasteiger partial charge in [0, 0.05) is 15.0 Å². The lowest BCUT2D eigenvalue weighted by atomic mass is 10.0. The van der Waals surface area contributed by atoms with Gasteiger partial charge in [-0.15, -0.1) is 11.3 Å². The Bertz CT molecular complexity index is 821. The van der Waals surface area contributed by atoms with Crippen molar-refractivity contribution in [2.75, 3.05) is 5.32 Å². The highest BCUT2D eigenvalue weighted by molar-refractivity contribution is 9.10. The summed E-state index contributed by atoms with van der Waals surface area (Å²) in [6.45, 7) is 1.89. The summed E-state index contributed by atoms with van der Waals surface area (Å²) >= 11 is 5.11. The van der Waals surface area contributed by atoms with E-state index in [-0.39, 0.29) is 18.0 Å². The van der Waals surface area contributed by atoms with Crippen molar-refractivity contribution in [3.8, 4) is 0 Å². The highest BCUT2D eigenvalue weighted by atomic mass is 79.9. The number of hydrogen-bond donors (Lipinski definition) is 2. The van der Waals surface area contributed by atoms with E-state index in [1.807, 2.05) is 55.5 Å². The highest BCUT2D eigenvalue weighted by Gasteiger charge is 2.21. The van der Waals surface area contributed by atoms with Crippen molar-refractivity contribution >= 4 is 38.9 Å². The molecule has 25 heavy (non-hydrogen) atoms. The van der Waals surface area contributed by atoms with Crippen molar-refractivity contribution in [3.63, 3.8) is 0 Å². The lowest BCUT2D eigenvalue weighted by Crippen LogP contribution is -2.40. The van der Waals surface area contributed by atoms with Crippen LogP contribution in [0.25, 0.3) is 0 Å². The van der Waals surface area contributed by atoms with E-state index < -0.39 is 0 Å². The maximum Gasteiger partial charge on any atom is 0.241 e. The molecule has 0 fully saturated rings. The zero-order chi connectivity index (χ0) is 17.6. The molecule has 3 aromatic rings. The SMILES string of the molecule is C[C@H](N[C@@H](c1ccccc1)c1cccs1)C(=O)Nc1cccc(Br)c1. The molecular weight excluding hydrogens is 396 g/mol. The van der Waals surface area contributed by atoms with Gasteiger partial charge in [0.05, 0.1) is 12.1 Å². The highest BCUT2D eigenvalue weighted by Crippen LogP contribution is 2.26. The first-order chi connectivity index (χ1) is 12.1. The van der Waals surface area contributed by atoms with Crippen molar-refractivity contribution in [1.29, 1.82) is 0 Å². The number of thiophene rings is 1. The molecule has 128 valence electrons. The lowest BCUT2D eigenvalue weighted by Gasteiger charge is -2.22. The van der Waals surface area contributed by atoms with E-state index in [1.165, 1.54) is 4.88 Å². The van der Waals surface area contributed by atoms with Crippen molar-refractivity contribution in [2.24, 2.45) is 0 Å². The lowest BCUT2D eigenvalue weighted by molar-refractivity contribution is -0.117. The maximum atomic E-state index is 12.6. The zero-order valence-corrected chi connectivity index (χ0v) is 16.2. The average Bonchev–Trinajstić information content (AvgIpc) is 3.14. The predicted octanol–water partition coefficient (Wildman–Crippen LogP) is 5.22. The van der Waals surface area contributed by atoms with Crippen LogP contribution >= 0.6 is 27.3 Å². The molecule has 0 radical (unpaired) electrons. The minimum Gasteiger partial charge on any atom is -0.325 e. The third-order valence-electron chi connectivity index (χ3n) is 3.86. The van der Waals surface area contributed by atoms with Gasteiger partial charge in [0.25, 0.3) is 0 Å². The first-order valence-corrected chi connectivity index (χ1v) is 9.71. The zero-order valence-electron chi connectivity index (χ0n) is 13.8. The van der Waals surface area contributed by atoms with E-state index in [4.69, 9.17) is 0 Å². The number of nitrogens with one attached hydrogen (secondary N) is 2. The Morgan fingerprint density at radius 1 is 1.04 bits per heavy atom. The van der Waals surface area contributed by atoms with Crippen LogP contribution in [0, 0.1) is 0 Å². The molecule has 0 saturated carbocycles. The van der Waals surface area contributed by atoms with Crippen molar-refractivity contribution < 1.29 is 4.79 Å². The summed E-state index contributed by atoms with van der Waals surface area (Å²) in [7, 11) is 0. The normalized spacial score (nSPS) is 13.2. The van der Waals surface area contributed by atoms with Crippen LogP contribution in [0.1, 0.15) is 23.4 Å². The van der Waals surface area contributed by atoms with E-state index in [2.05, 4.69) is 50.1 Å². The van der Waals surface area contributed by atoms with Gasteiger partial charge < -0.3 is 5.32 Å². The minimum atomic E-state index is -0.341. The fourth-order valence-corrected chi connectivity index (χ4v) is 3.80. The second-order valence-corrected chi connectivity index (χ2v) is 7.64. The number of anilines is 1. The van der Waals surface area contributed by atoms with Gasteiger partial charge in [0.15, 0.2) is 0 Å². The van der Waals surface area contributed by atoms with Gasteiger partial charge in [0.2, 0.25) is 5.91 Å². The molecule has 0 aliphatic heterocycles. The summed E-state index contributed by atoms with van der Waals surface area (Å²) in [5, 5.41) is 8.47. The molecule has 0 bridgehead atoms. The van der Waals surface area contributed by atoms with Gasteiger partial charge in [0.1, 0.15) is 0 Å². The van der Waals surface area contributed by atoms with Crippen molar-refractivity contribution in [3.05, 3.63) is 87.0 Å². The van der Waals surface area contributed by atoms with Gasteiger partial charge in [-0.25, -0.2) is 0 Å². The number of amides is 1. The smallest absolute Gasteiger partial charge is 0.241 e. The Morgan fingerprint density at radius 3 is 2.52 bits per heavy atom. The predicted molar refractivity (Wildman–Crippen MR) is 108 cm³/mol. The molecule has 2 aromatic carbocycles. The van der Waals surface area contributed by atoms with Crippen LogP contribution in [0.4, 0.5) is 5.69 Å². The van der Waals surface area contributed by atoms with E-state index in [0.717, 1.165) is 15.7 Å². The summed E-state index contributed by atoms with van der Waals surface area (Å²) in [6.07, 6.45) is 0. The first kappa shape index (κ1) is 17.9. The van der Waals surface area contributed by atoms with Crippen LogP contribution in [0.2, 0.25) is 0 Å². The van der Waals surface area contributed by atoms with E-state index in [9.17, 15) is 4.79 Å². The molecule has 1 aromatic heterocycles. The van der Waals surface area contributed by atoms with Crippen LogP contribution in [0.5, 0.6) is 0 Å². The standard InChI is InChI=1S/C20H19BrN2OS/c1-14(20(24)23-17-10-5-9-16(21)13-17)22-19(18-11-6-12-25-18)15-7-3-2-4-8-15/h2-14,19,22H,1H3,(H,23,24)/t14-,19-/m0/s1. The molecule has 0 spiro atoms. The molecule has 1 heterocycles. The molecule has 0 aliphatic rings. The van der Waals surface area contributed by atoms with E-state index in [0.29, 0.717) is 0 Å². The van der Waals surface area contributed by atoms with E-state index in [1.54, 1.807) is 11.3 Å². The van der Waals surface area contributed by atoms with E-state index >= 15 is 0 Å². The van der Waals surface area contributed by atoms with Gasteiger partial charge in [-0.05, 0) is 42.1 Å². The summed E-state index contributed by atoms with van der Waals surface area (Å²) in [5.74, 6) is -0.0596. The number of rotatable bonds is 6. The molecule has 5 heteroatoms. The molecular formula is C20H19BrN2OS. The molecule has 2 N–H and O–H groups in total. The number of halogens is 1. The fraction of sp³-hybridized carbons (Fsp3) is 0.150. The Morgan fingerprint density at radius 2 is 1.84 bits per heavy atom. The Kier molecular flexibility index (Phi) is 6.02. The number of benzene rings is 2. The second-order valence-electron chi connectivity index (χ2n) is 5.75. The third-order valence-corrected chi connectivity index (χ3v) is 5.29. The molecule has 3 rings (SSSR count). The summed E-state index contributed by atoms with van der Waals surface area (Å²) in [4.78, 5) is 13.8. The van der Waals surface area contributed by atoms with Crippen LogP contribution in [0.15, 0.2) is 76.6 Å². The number of carbonyl (C=O) groups is 1. The molecule has 3 nitrogen and oxygen atoms in total. The Labute approximate surface area is 160 Å². The minimum absolute atomic E-state index is 0.00976. The Hall–Kier alpha value is -1.95. The van der Waals surface area contributed by atoms with Gasteiger partial charge in [-0.2, -0.15) is 0 Å². The third kappa shape index (κ3) is 4.78. The van der Waals surface area contributed by atoms with Crippen LogP contribution in [-0.4, -0.2) is 11.9 Å². The van der Waals surface area contributed by atoms with Crippen LogP contribution in [-0.2, 0) is 4.79 Å². The monoisotopic (exact) mass is 414 g/mol. The average molecular weight is 415 g/mol. The molecule has 0 aliphatic carbocycles. The summed E-state index contributed by atoms with van der Waals surface area (Å²) < 4.78 is 0.937. The number of hydrogen-bond acceptors (Lipinski definition) is 3. The molecule has 2 atom stereocenters. The van der Waals surface area contributed by atoms with Crippen molar-refractivity contribution in [2.45, 2.75) is 19.0 Å². The van der Waals surface area contributed by atoms with Crippen molar-refractivity contribution in [1.82, 2.24) is 5.32 Å². The fourth-order valence-electron chi connectivity index (χ4n) is 2.59. The summed E-state index contributed by atoms with van der Waals surface area (Å²) in [5.41, 5.74) is 1.92. The second kappa shape index (κ2) is 8.43. The molecule has 0 saturated heterocycles. The van der Waals surface area contributed by atoms with Gasteiger partial charge >= 0.3 is 0 Å².